The van der Waals surface area contributed by atoms with Crippen LogP contribution in [0.5, 0.6) is 0 Å². The maximum absolute atomic E-state index is 5.79. The minimum absolute atomic E-state index is 0.757. The van der Waals surface area contributed by atoms with Gasteiger partial charge in [0.2, 0.25) is 0 Å². The lowest BCUT2D eigenvalue weighted by Gasteiger charge is -2.05. The van der Waals surface area contributed by atoms with Gasteiger partial charge >= 0.3 is 0 Å². The van der Waals surface area contributed by atoms with Gasteiger partial charge in [-0.25, -0.2) is 9.97 Å². The summed E-state index contributed by atoms with van der Waals surface area (Å²) < 4.78 is 2.23. The van der Waals surface area contributed by atoms with Gasteiger partial charge in [0.15, 0.2) is 0 Å². The van der Waals surface area contributed by atoms with Crippen molar-refractivity contribution < 1.29 is 0 Å². The van der Waals surface area contributed by atoms with Gasteiger partial charge in [0.1, 0.15) is 5.82 Å². The van der Waals surface area contributed by atoms with Crippen molar-refractivity contribution in [3.8, 4) is 0 Å². The molecule has 0 fully saturated rings. The molecule has 4 nitrogen and oxygen atoms in total. The number of hydrogen-bond donors (Lipinski definition) is 1. The third-order valence-corrected chi connectivity index (χ3v) is 4.21. The molecule has 0 aliphatic carbocycles. The lowest BCUT2D eigenvalue weighted by atomic mass is 10.3. The Morgan fingerprint density at radius 3 is 2.84 bits per heavy atom. The normalized spacial score (nSPS) is 11.3. The molecule has 3 aromatic rings. The number of hydrogen-bond acceptors (Lipinski definition) is 4. The van der Waals surface area contributed by atoms with E-state index in [1.807, 2.05) is 32.0 Å². The Labute approximate surface area is 115 Å². The van der Waals surface area contributed by atoms with Crippen LogP contribution >= 0.6 is 11.3 Å². The summed E-state index contributed by atoms with van der Waals surface area (Å²) in [4.78, 5) is 9.06. The summed E-state index contributed by atoms with van der Waals surface area (Å²) in [5.74, 6) is 1.02. The van der Waals surface area contributed by atoms with Gasteiger partial charge in [-0.15, -0.1) is 11.3 Å². The van der Waals surface area contributed by atoms with Crippen LogP contribution in [0.25, 0.3) is 11.0 Å². The van der Waals surface area contributed by atoms with Gasteiger partial charge in [-0.1, -0.05) is 0 Å². The third kappa shape index (κ3) is 2.33. The first-order chi connectivity index (χ1) is 9.13. The smallest absolute Gasteiger partial charge is 0.106 e. The van der Waals surface area contributed by atoms with E-state index in [9.17, 15) is 0 Å². The van der Waals surface area contributed by atoms with Crippen molar-refractivity contribution in [2.45, 2.75) is 26.8 Å². The quantitative estimate of drug-likeness (QED) is 0.746. The fourth-order valence-electron chi connectivity index (χ4n) is 2.27. The first kappa shape index (κ1) is 12.2. The molecule has 5 heteroatoms. The topological polar surface area (TPSA) is 56.7 Å². The van der Waals surface area contributed by atoms with Gasteiger partial charge in [0.05, 0.1) is 16.0 Å². The van der Waals surface area contributed by atoms with Crippen molar-refractivity contribution >= 4 is 28.1 Å². The lowest BCUT2D eigenvalue weighted by molar-refractivity contribution is 0.689. The first-order valence-corrected chi connectivity index (χ1v) is 7.15. The number of thiazole rings is 1. The van der Waals surface area contributed by atoms with Gasteiger partial charge in [-0.2, -0.15) is 0 Å². The van der Waals surface area contributed by atoms with Crippen molar-refractivity contribution in [2.24, 2.45) is 0 Å². The van der Waals surface area contributed by atoms with Gasteiger partial charge in [0, 0.05) is 29.7 Å². The molecule has 2 aromatic heterocycles. The van der Waals surface area contributed by atoms with Crippen molar-refractivity contribution in [2.75, 3.05) is 5.73 Å². The second-order valence-corrected chi connectivity index (χ2v) is 5.63. The Kier molecular flexibility index (Phi) is 2.98. The number of benzene rings is 1. The number of nitrogens with zero attached hydrogens (tertiary/aromatic N) is 3. The minimum atomic E-state index is 0.757. The number of nitrogens with two attached hydrogens (primary N) is 1. The summed E-state index contributed by atoms with van der Waals surface area (Å²) in [5, 5.41) is 3.27. The fourth-order valence-corrected chi connectivity index (χ4v) is 3.04. The number of imidazole rings is 1. The van der Waals surface area contributed by atoms with Gasteiger partial charge in [0.25, 0.3) is 0 Å². The molecule has 19 heavy (non-hydrogen) atoms. The van der Waals surface area contributed by atoms with E-state index in [0.29, 0.717) is 0 Å². The molecule has 1 aromatic carbocycles. The SMILES string of the molecule is Cc1csc(CCn2c(C)nc3cc(N)ccc32)n1. The van der Waals surface area contributed by atoms with E-state index in [-0.39, 0.29) is 0 Å². The van der Waals surface area contributed by atoms with Crippen molar-refractivity contribution in [3.63, 3.8) is 0 Å². The average molecular weight is 272 g/mol. The summed E-state index contributed by atoms with van der Waals surface area (Å²) in [6.07, 6.45) is 0.940. The summed E-state index contributed by atoms with van der Waals surface area (Å²) in [7, 11) is 0. The molecular weight excluding hydrogens is 256 g/mol. The minimum Gasteiger partial charge on any atom is -0.399 e. The second kappa shape index (κ2) is 4.66. The number of rotatable bonds is 3. The van der Waals surface area contributed by atoms with E-state index in [1.165, 1.54) is 5.01 Å². The zero-order valence-corrected chi connectivity index (χ0v) is 11.9. The largest absolute Gasteiger partial charge is 0.399 e. The molecule has 0 radical (unpaired) electrons. The predicted octanol–water partition coefficient (Wildman–Crippen LogP) is 2.93. The molecule has 0 saturated heterocycles. The van der Waals surface area contributed by atoms with E-state index in [2.05, 4.69) is 19.9 Å². The first-order valence-electron chi connectivity index (χ1n) is 6.27. The standard InChI is InChI=1S/C14H16N4S/c1-9-8-19-14(16-9)5-6-18-10(2)17-12-7-11(15)3-4-13(12)18/h3-4,7-8H,5-6,15H2,1-2H3. The Morgan fingerprint density at radius 2 is 2.11 bits per heavy atom. The van der Waals surface area contributed by atoms with Crippen LogP contribution in [-0.2, 0) is 13.0 Å². The maximum Gasteiger partial charge on any atom is 0.106 e. The third-order valence-electron chi connectivity index (χ3n) is 3.18. The highest BCUT2D eigenvalue weighted by Crippen LogP contribution is 2.20. The van der Waals surface area contributed by atoms with Gasteiger partial charge in [-0.3, -0.25) is 0 Å². The Hall–Kier alpha value is -1.88. The highest BCUT2D eigenvalue weighted by atomic mass is 32.1. The van der Waals surface area contributed by atoms with Crippen LogP contribution in [0.4, 0.5) is 5.69 Å². The highest BCUT2D eigenvalue weighted by Gasteiger charge is 2.08. The molecule has 0 spiro atoms. The molecule has 3 rings (SSSR count). The van der Waals surface area contributed by atoms with Crippen molar-refractivity contribution in [1.82, 2.24) is 14.5 Å². The van der Waals surface area contributed by atoms with E-state index >= 15 is 0 Å². The Morgan fingerprint density at radius 1 is 1.26 bits per heavy atom. The molecule has 0 unspecified atom stereocenters. The molecule has 0 saturated carbocycles. The molecule has 0 bridgehead atoms. The zero-order chi connectivity index (χ0) is 13.4. The van der Waals surface area contributed by atoms with Crippen LogP contribution in [0.15, 0.2) is 23.6 Å². The van der Waals surface area contributed by atoms with E-state index in [4.69, 9.17) is 5.73 Å². The molecule has 2 N–H and O–H groups in total. The Balaban J connectivity index is 1.90. The van der Waals surface area contributed by atoms with Gasteiger partial charge < -0.3 is 10.3 Å². The molecule has 2 heterocycles. The highest BCUT2D eigenvalue weighted by molar-refractivity contribution is 7.09. The predicted molar refractivity (Wildman–Crippen MR) is 79.4 cm³/mol. The fraction of sp³-hybridized carbons (Fsp3) is 0.286. The molecule has 98 valence electrons. The molecule has 0 aliphatic rings. The number of aromatic nitrogens is 3. The van der Waals surface area contributed by atoms with Gasteiger partial charge in [-0.05, 0) is 32.0 Å². The summed E-state index contributed by atoms with van der Waals surface area (Å²) in [6, 6.07) is 5.89. The summed E-state index contributed by atoms with van der Waals surface area (Å²) in [5.41, 5.74) is 9.75. The number of fused-ring (bicyclic) bond motifs is 1. The molecule has 0 amide bonds. The summed E-state index contributed by atoms with van der Waals surface area (Å²) >= 11 is 1.72. The molecular formula is C14H16N4S. The zero-order valence-electron chi connectivity index (χ0n) is 11.1. The van der Waals surface area contributed by atoms with Crippen LogP contribution in [0.3, 0.4) is 0 Å². The molecule has 0 aliphatic heterocycles. The Bertz CT molecular complexity index is 726. The lowest BCUT2D eigenvalue weighted by Crippen LogP contribution is -2.03. The van der Waals surface area contributed by atoms with Crippen LogP contribution in [0.1, 0.15) is 16.5 Å². The summed E-state index contributed by atoms with van der Waals surface area (Å²) in [6.45, 7) is 4.96. The van der Waals surface area contributed by atoms with Crippen LogP contribution < -0.4 is 5.73 Å². The van der Waals surface area contributed by atoms with E-state index in [0.717, 1.165) is 41.2 Å². The second-order valence-electron chi connectivity index (χ2n) is 4.69. The van der Waals surface area contributed by atoms with E-state index in [1.54, 1.807) is 11.3 Å². The monoisotopic (exact) mass is 272 g/mol. The molecule has 0 atom stereocenters. The average Bonchev–Trinajstić information content (AvgIpc) is 2.89. The number of aryl methyl sites for hydroxylation is 4. The van der Waals surface area contributed by atoms with E-state index < -0.39 is 0 Å². The van der Waals surface area contributed by atoms with Crippen LogP contribution in [0.2, 0.25) is 0 Å². The van der Waals surface area contributed by atoms with Crippen LogP contribution in [-0.4, -0.2) is 14.5 Å². The van der Waals surface area contributed by atoms with Crippen LogP contribution in [0, 0.1) is 13.8 Å². The maximum atomic E-state index is 5.79. The van der Waals surface area contributed by atoms with Crippen molar-refractivity contribution in [1.29, 1.82) is 0 Å². The van der Waals surface area contributed by atoms with Crippen molar-refractivity contribution in [3.05, 3.63) is 40.1 Å². The number of anilines is 1. The number of nitrogen functional groups attached to an aromatic ring is 1.